The molecule has 0 aromatic carbocycles. The van der Waals surface area contributed by atoms with E-state index in [4.69, 9.17) is 0 Å². The van der Waals surface area contributed by atoms with Crippen LogP contribution in [0.5, 0.6) is 0 Å². The number of aliphatic hydroxyl groups excluding tert-OH is 1. The lowest BCUT2D eigenvalue weighted by atomic mass is 10.1. The van der Waals surface area contributed by atoms with Crippen LogP contribution in [-0.2, 0) is 11.2 Å². The minimum atomic E-state index is -0.627. The van der Waals surface area contributed by atoms with Crippen molar-refractivity contribution in [2.75, 3.05) is 6.54 Å². The van der Waals surface area contributed by atoms with Gasteiger partial charge in [0.15, 0.2) is 0 Å². The summed E-state index contributed by atoms with van der Waals surface area (Å²) >= 11 is 0. The number of amides is 1. The number of rotatable bonds is 3. The molecule has 1 unspecified atom stereocenters. The van der Waals surface area contributed by atoms with Crippen molar-refractivity contribution in [2.24, 2.45) is 0 Å². The first-order valence-electron chi connectivity index (χ1n) is 5.51. The Morgan fingerprint density at radius 2 is 2.44 bits per heavy atom. The standard InChI is InChI=1S/C11H15N3O2/c15-10-4-1-5-11(16)14(10)8-6-9-3-2-7-12-13-9/h2-3,7,10,15H,1,4-6,8H2. The predicted octanol–water partition coefficient (Wildman–Crippen LogP) is 0.350. The van der Waals surface area contributed by atoms with Crippen LogP contribution in [0.3, 0.4) is 0 Å². The third kappa shape index (κ3) is 2.55. The summed E-state index contributed by atoms with van der Waals surface area (Å²) in [7, 11) is 0. The molecular formula is C11H15N3O2. The normalized spacial score (nSPS) is 21.2. The zero-order valence-electron chi connectivity index (χ0n) is 9.04. The Morgan fingerprint density at radius 1 is 1.56 bits per heavy atom. The average molecular weight is 221 g/mol. The Labute approximate surface area is 94.1 Å². The summed E-state index contributed by atoms with van der Waals surface area (Å²) in [6.45, 7) is 0.513. The third-order valence-electron chi connectivity index (χ3n) is 2.77. The van der Waals surface area contributed by atoms with E-state index in [0.29, 0.717) is 25.8 Å². The molecule has 1 aliphatic heterocycles. The Hall–Kier alpha value is -1.49. The van der Waals surface area contributed by atoms with Gasteiger partial charge >= 0.3 is 0 Å². The van der Waals surface area contributed by atoms with Crippen LogP contribution in [0, 0.1) is 0 Å². The van der Waals surface area contributed by atoms with Crippen LogP contribution in [-0.4, -0.2) is 38.9 Å². The van der Waals surface area contributed by atoms with Gasteiger partial charge in [-0.3, -0.25) is 4.79 Å². The predicted molar refractivity (Wildman–Crippen MR) is 57.3 cm³/mol. The summed E-state index contributed by atoms with van der Waals surface area (Å²) in [6.07, 6.45) is 3.62. The summed E-state index contributed by atoms with van der Waals surface area (Å²) in [4.78, 5) is 13.1. The quantitative estimate of drug-likeness (QED) is 0.799. The molecule has 2 rings (SSSR count). The number of aromatic nitrogens is 2. The van der Waals surface area contributed by atoms with Gasteiger partial charge in [0.1, 0.15) is 6.23 Å². The fourth-order valence-corrected chi connectivity index (χ4v) is 1.88. The second-order valence-corrected chi connectivity index (χ2v) is 3.92. The van der Waals surface area contributed by atoms with Crippen molar-refractivity contribution in [1.29, 1.82) is 0 Å². The van der Waals surface area contributed by atoms with Gasteiger partial charge in [0.25, 0.3) is 0 Å². The summed E-state index contributed by atoms with van der Waals surface area (Å²) in [5.41, 5.74) is 0.841. The highest BCUT2D eigenvalue weighted by Crippen LogP contribution is 2.16. The fraction of sp³-hybridized carbons (Fsp3) is 0.545. The van der Waals surface area contributed by atoms with Crippen LogP contribution in [0.25, 0.3) is 0 Å². The first-order valence-corrected chi connectivity index (χ1v) is 5.51. The maximum atomic E-state index is 11.6. The van der Waals surface area contributed by atoms with Crippen LogP contribution >= 0.6 is 0 Å². The minimum Gasteiger partial charge on any atom is -0.374 e. The highest BCUT2D eigenvalue weighted by molar-refractivity contribution is 5.77. The van der Waals surface area contributed by atoms with Gasteiger partial charge in [0, 0.05) is 25.6 Å². The summed E-state index contributed by atoms with van der Waals surface area (Å²) in [5.74, 6) is 0.0302. The van der Waals surface area contributed by atoms with Gasteiger partial charge in [-0.2, -0.15) is 10.2 Å². The van der Waals surface area contributed by atoms with Gasteiger partial charge in [0.05, 0.1) is 5.69 Å². The molecule has 0 saturated carbocycles. The van der Waals surface area contributed by atoms with Crippen LogP contribution in [0.4, 0.5) is 0 Å². The van der Waals surface area contributed by atoms with Crippen LogP contribution < -0.4 is 0 Å². The molecule has 1 aromatic rings. The van der Waals surface area contributed by atoms with Crippen LogP contribution in [0.15, 0.2) is 18.3 Å². The van der Waals surface area contributed by atoms with Gasteiger partial charge in [-0.25, -0.2) is 0 Å². The smallest absolute Gasteiger partial charge is 0.224 e. The maximum Gasteiger partial charge on any atom is 0.224 e. The highest BCUT2D eigenvalue weighted by Gasteiger charge is 2.25. The van der Waals surface area contributed by atoms with Gasteiger partial charge in [0.2, 0.25) is 5.91 Å². The number of hydrogen-bond donors (Lipinski definition) is 1. The molecule has 2 heterocycles. The van der Waals surface area contributed by atoms with E-state index >= 15 is 0 Å². The molecule has 0 spiro atoms. The van der Waals surface area contributed by atoms with Gasteiger partial charge in [-0.15, -0.1) is 0 Å². The second kappa shape index (κ2) is 5.03. The van der Waals surface area contributed by atoms with Crippen molar-refractivity contribution >= 4 is 5.91 Å². The maximum absolute atomic E-state index is 11.6. The van der Waals surface area contributed by atoms with E-state index in [1.165, 1.54) is 4.90 Å². The van der Waals surface area contributed by atoms with Crippen molar-refractivity contribution in [2.45, 2.75) is 31.9 Å². The van der Waals surface area contributed by atoms with E-state index in [1.54, 1.807) is 6.20 Å². The second-order valence-electron chi connectivity index (χ2n) is 3.92. The average Bonchev–Trinajstić information content (AvgIpc) is 2.30. The molecule has 5 heteroatoms. The molecule has 1 saturated heterocycles. The number of carbonyl (C=O) groups is 1. The first-order chi connectivity index (χ1) is 7.77. The zero-order chi connectivity index (χ0) is 11.4. The van der Waals surface area contributed by atoms with Crippen molar-refractivity contribution in [3.8, 4) is 0 Å². The topological polar surface area (TPSA) is 66.3 Å². The molecule has 5 nitrogen and oxygen atoms in total. The number of carbonyl (C=O) groups excluding carboxylic acids is 1. The molecular weight excluding hydrogens is 206 g/mol. The van der Waals surface area contributed by atoms with E-state index in [0.717, 1.165) is 12.1 Å². The van der Waals surface area contributed by atoms with Crippen LogP contribution in [0.1, 0.15) is 25.0 Å². The van der Waals surface area contributed by atoms with E-state index in [-0.39, 0.29) is 5.91 Å². The molecule has 1 amide bonds. The molecule has 1 fully saturated rings. The Kier molecular flexibility index (Phi) is 3.46. The van der Waals surface area contributed by atoms with Gasteiger partial charge in [-0.05, 0) is 25.0 Å². The first kappa shape index (κ1) is 11.0. The van der Waals surface area contributed by atoms with Gasteiger partial charge < -0.3 is 10.0 Å². The number of likely N-dealkylation sites (tertiary alicyclic amines) is 1. The minimum absolute atomic E-state index is 0.0302. The fourth-order valence-electron chi connectivity index (χ4n) is 1.88. The van der Waals surface area contributed by atoms with Crippen molar-refractivity contribution < 1.29 is 9.90 Å². The molecule has 0 bridgehead atoms. The third-order valence-corrected chi connectivity index (χ3v) is 2.77. The number of piperidine rings is 1. The van der Waals surface area contributed by atoms with Crippen molar-refractivity contribution in [3.63, 3.8) is 0 Å². The molecule has 1 aromatic heterocycles. The summed E-state index contributed by atoms with van der Waals surface area (Å²) in [6, 6.07) is 3.69. The Bertz CT molecular complexity index is 356. The SMILES string of the molecule is O=C1CCCC(O)N1CCc1cccnn1. The lowest BCUT2D eigenvalue weighted by molar-refractivity contribution is -0.146. The van der Waals surface area contributed by atoms with E-state index in [2.05, 4.69) is 10.2 Å². The van der Waals surface area contributed by atoms with Crippen molar-refractivity contribution in [3.05, 3.63) is 24.0 Å². The Morgan fingerprint density at radius 3 is 3.12 bits per heavy atom. The Balaban J connectivity index is 1.91. The molecule has 86 valence electrons. The lowest BCUT2D eigenvalue weighted by Crippen LogP contribution is -2.44. The molecule has 1 atom stereocenters. The summed E-state index contributed by atoms with van der Waals surface area (Å²) < 4.78 is 0. The number of aliphatic hydroxyl groups is 1. The highest BCUT2D eigenvalue weighted by atomic mass is 16.3. The monoisotopic (exact) mass is 221 g/mol. The zero-order valence-corrected chi connectivity index (χ0v) is 9.04. The summed E-state index contributed by atoms with van der Waals surface area (Å²) in [5, 5.41) is 17.4. The van der Waals surface area contributed by atoms with Crippen LogP contribution in [0.2, 0.25) is 0 Å². The number of hydrogen-bond acceptors (Lipinski definition) is 4. The van der Waals surface area contributed by atoms with E-state index in [9.17, 15) is 9.90 Å². The molecule has 1 N–H and O–H groups in total. The largest absolute Gasteiger partial charge is 0.374 e. The molecule has 16 heavy (non-hydrogen) atoms. The molecule has 1 aliphatic rings. The van der Waals surface area contributed by atoms with E-state index in [1.807, 2.05) is 12.1 Å². The molecule has 0 radical (unpaired) electrons. The molecule has 0 aliphatic carbocycles. The lowest BCUT2D eigenvalue weighted by Gasteiger charge is -2.31. The van der Waals surface area contributed by atoms with E-state index < -0.39 is 6.23 Å². The number of nitrogens with zero attached hydrogens (tertiary/aromatic N) is 3. The van der Waals surface area contributed by atoms with Crippen molar-refractivity contribution in [1.82, 2.24) is 15.1 Å². The van der Waals surface area contributed by atoms with Gasteiger partial charge in [-0.1, -0.05) is 0 Å².